The Bertz CT molecular complexity index is 1630. The summed E-state index contributed by atoms with van der Waals surface area (Å²) in [5.41, 5.74) is 1.86. The number of amides is 1. The minimum Gasteiger partial charge on any atom is -0.440 e. The van der Waals surface area contributed by atoms with Crippen LogP contribution < -0.4 is 5.69 Å². The van der Waals surface area contributed by atoms with Crippen molar-refractivity contribution in [2.75, 3.05) is 13.1 Å². The first-order chi connectivity index (χ1) is 19.5. The number of halogens is 2. The van der Waals surface area contributed by atoms with E-state index in [1.807, 2.05) is 6.07 Å². The van der Waals surface area contributed by atoms with Crippen LogP contribution in [-0.4, -0.2) is 43.6 Å². The second-order valence-electron chi connectivity index (χ2n) is 10.1. The summed E-state index contributed by atoms with van der Waals surface area (Å²) in [5, 5.41) is 3.28. The van der Waals surface area contributed by atoms with Crippen molar-refractivity contribution in [1.82, 2.24) is 24.4 Å². The monoisotopic (exact) mass is 548 g/mol. The van der Waals surface area contributed by atoms with E-state index >= 15 is 0 Å². The van der Waals surface area contributed by atoms with Gasteiger partial charge in [0, 0.05) is 43.0 Å². The molecule has 1 aromatic carbocycles. The molecule has 12 heteroatoms. The third kappa shape index (κ3) is 4.52. The lowest BCUT2D eigenvalue weighted by atomic mass is 9.86. The molecule has 4 heterocycles. The number of pyridine rings is 2. The van der Waals surface area contributed by atoms with Gasteiger partial charge in [0.25, 0.3) is 0 Å². The summed E-state index contributed by atoms with van der Waals surface area (Å²) in [4.78, 5) is 50.8. The van der Waals surface area contributed by atoms with Crippen LogP contribution in [0.4, 0.5) is 13.6 Å². The minimum absolute atomic E-state index is 0.0520. The van der Waals surface area contributed by atoms with Crippen molar-refractivity contribution in [3.8, 4) is 0 Å². The highest BCUT2D eigenvalue weighted by molar-refractivity contribution is 5.70. The van der Waals surface area contributed by atoms with Crippen LogP contribution in [0, 0.1) is 16.5 Å². The first-order valence-electron chi connectivity index (χ1n) is 13.2. The van der Waals surface area contributed by atoms with Gasteiger partial charge in [-0.3, -0.25) is 14.5 Å². The quantitative estimate of drug-likeness (QED) is 0.273. The average molecular weight is 549 g/mol. The molecule has 1 fully saturated rings. The molecule has 1 aliphatic carbocycles. The molecule has 4 aromatic rings. The third-order valence-corrected chi connectivity index (χ3v) is 7.93. The number of likely N-dealkylation sites (tertiary alicyclic amines) is 1. The molecule has 40 heavy (non-hydrogen) atoms. The van der Waals surface area contributed by atoms with Gasteiger partial charge in [-0.2, -0.15) is 4.91 Å². The Morgan fingerprint density at radius 3 is 2.52 bits per heavy atom. The molecule has 206 valence electrons. The van der Waals surface area contributed by atoms with E-state index in [1.165, 1.54) is 18.3 Å². The molecule has 0 spiro atoms. The Hall–Kier alpha value is -4.48. The van der Waals surface area contributed by atoms with Gasteiger partial charge in [0.05, 0.1) is 11.2 Å². The smallest absolute Gasteiger partial charge is 0.410 e. The number of nitroso groups, excluding NO2 is 1. The number of benzene rings is 1. The number of nitrogens with zero attached hydrogens (tertiary/aromatic N) is 5. The molecule has 1 saturated heterocycles. The summed E-state index contributed by atoms with van der Waals surface area (Å²) >= 11 is 0. The summed E-state index contributed by atoms with van der Waals surface area (Å²) in [5.74, 6) is -2.77. The van der Waals surface area contributed by atoms with Crippen LogP contribution in [0.25, 0.3) is 11.2 Å². The second kappa shape index (κ2) is 10.6. The van der Waals surface area contributed by atoms with Gasteiger partial charge < -0.3 is 9.64 Å². The van der Waals surface area contributed by atoms with E-state index in [0.717, 1.165) is 11.6 Å². The zero-order valence-corrected chi connectivity index (χ0v) is 21.4. The van der Waals surface area contributed by atoms with Crippen molar-refractivity contribution >= 4 is 17.3 Å². The highest BCUT2D eigenvalue weighted by Gasteiger charge is 2.38. The van der Waals surface area contributed by atoms with Gasteiger partial charge in [0.15, 0.2) is 17.3 Å². The molecule has 0 radical (unpaired) electrons. The predicted octanol–water partition coefficient (Wildman–Crippen LogP) is 5.30. The molecule has 1 amide bonds. The fourth-order valence-electron chi connectivity index (χ4n) is 5.99. The number of aromatic nitrogens is 4. The fraction of sp³-hybridized carbons (Fsp3) is 0.357. The fourth-order valence-corrected chi connectivity index (χ4v) is 5.99. The highest BCUT2D eigenvalue weighted by atomic mass is 19.2. The van der Waals surface area contributed by atoms with E-state index in [9.17, 15) is 23.3 Å². The normalized spacial score (nSPS) is 21.6. The van der Waals surface area contributed by atoms with Gasteiger partial charge >= 0.3 is 11.8 Å². The van der Waals surface area contributed by atoms with Gasteiger partial charge in [-0.1, -0.05) is 23.4 Å². The van der Waals surface area contributed by atoms with Crippen molar-refractivity contribution in [2.24, 2.45) is 5.18 Å². The average Bonchev–Trinajstić information content (AvgIpc) is 3.23. The Labute approximate surface area is 227 Å². The first kappa shape index (κ1) is 25.8. The van der Waals surface area contributed by atoms with E-state index in [4.69, 9.17) is 4.74 Å². The number of piperidine rings is 1. The third-order valence-electron chi connectivity index (χ3n) is 7.93. The van der Waals surface area contributed by atoms with Gasteiger partial charge in [0.2, 0.25) is 0 Å². The van der Waals surface area contributed by atoms with Crippen LogP contribution in [0.5, 0.6) is 0 Å². The largest absolute Gasteiger partial charge is 0.440 e. The standard InChI is InChI=1S/C28H26F2N6O4/c29-20-6-1-4-17(23(20)30)18-8-9-22(25-19(24(18)34-39)5-2-12-31-25)40-28(38)35-14-10-16(11-15-35)36-21-7-3-13-32-26(21)33-27(36)37/h1-7,12-13,16,18,22,24H,8-11,14-15H2,(H,32,33,37)/t18-,22+,24?/m0/s1. The van der Waals surface area contributed by atoms with Gasteiger partial charge in [-0.05, 0) is 55.5 Å². The lowest BCUT2D eigenvalue weighted by Crippen LogP contribution is -2.41. The number of fused-ring (bicyclic) bond motifs is 2. The Morgan fingerprint density at radius 1 is 0.975 bits per heavy atom. The SMILES string of the molecule is O=NC1c2cccnc2[C@H](OC(=O)N2CCC(n3c(=O)[nH]c4ncccc43)CC2)CC[C@H]1c1cccc(F)c1F. The number of aromatic amines is 1. The van der Waals surface area contributed by atoms with Gasteiger partial charge in [-0.15, -0.1) is 0 Å². The van der Waals surface area contributed by atoms with Crippen molar-refractivity contribution in [1.29, 1.82) is 0 Å². The lowest BCUT2D eigenvalue weighted by molar-refractivity contribution is 0.0472. The number of hydrogen-bond acceptors (Lipinski definition) is 7. The molecule has 3 atom stereocenters. The number of H-pyrrole nitrogens is 1. The summed E-state index contributed by atoms with van der Waals surface area (Å²) < 4.78 is 36.4. The van der Waals surface area contributed by atoms with Crippen molar-refractivity contribution in [3.63, 3.8) is 0 Å². The van der Waals surface area contributed by atoms with Crippen LogP contribution in [-0.2, 0) is 4.74 Å². The van der Waals surface area contributed by atoms with Gasteiger partial charge in [0.1, 0.15) is 12.1 Å². The summed E-state index contributed by atoms with van der Waals surface area (Å²) in [6, 6.07) is 9.64. The second-order valence-corrected chi connectivity index (χ2v) is 10.1. The summed E-state index contributed by atoms with van der Waals surface area (Å²) in [7, 11) is 0. The molecule has 2 aliphatic rings. The Balaban J connectivity index is 1.20. The number of nitrogens with one attached hydrogen (secondary N) is 1. The highest BCUT2D eigenvalue weighted by Crippen LogP contribution is 2.46. The Morgan fingerprint density at radius 2 is 1.73 bits per heavy atom. The molecule has 6 rings (SSSR count). The van der Waals surface area contributed by atoms with E-state index < -0.39 is 35.8 Å². The number of hydrogen-bond donors (Lipinski definition) is 1. The van der Waals surface area contributed by atoms with Crippen LogP contribution in [0.15, 0.2) is 64.8 Å². The molecule has 3 aromatic heterocycles. The topological polar surface area (TPSA) is 123 Å². The summed E-state index contributed by atoms with van der Waals surface area (Å²) in [6.45, 7) is 0.751. The van der Waals surface area contributed by atoms with E-state index in [-0.39, 0.29) is 30.1 Å². The molecule has 1 N–H and O–H groups in total. The van der Waals surface area contributed by atoms with Gasteiger partial charge in [-0.25, -0.2) is 23.4 Å². The maximum absolute atomic E-state index is 14.7. The number of carbonyl (C=O) groups excluding carboxylic acids is 1. The van der Waals surface area contributed by atoms with Crippen LogP contribution >= 0.6 is 0 Å². The van der Waals surface area contributed by atoms with Crippen LogP contribution in [0.2, 0.25) is 0 Å². The number of carbonyl (C=O) groups is 1. The van der Waals surface area contributed by atoms with E-state index in [1.54, 1.807) is 33.9 Å². The molecule has 10 nitrogen and oxygen atoms in total. The number of ether oxygens (including phenoxy) is 1. The van der Waals surface area contributed by atoms with E-state index in [0.29, 0.717) is 42.8 Å². The van der Waals surface area contributed by atoms with E-state index in [2.05, 4.69) is 20.1 Å². The maximum Gasteiger partial charge on any atom is 0.410 e. The zero-order chi connectivity index (χ0) is 27.8. The Kier molecular flexibility index (Phi) is 6.82. The predicted molar refractivity (Wildman–Crippen MR) is 141 cm³/mol. The number of imidazole rings is 1. The molecular weight excluding hydrogens is 522 g/mol. The van der Waals surface area contributed by atoms with Crippen molar-refractivity contribution < 1.29 is 18.3 Å². The van der Waals surface area contributed by atoms with Crippen molar-refractivity contribution in [3.05, 3.63) is 98.7 Å². The molecule has 0 saturated carbocycles. The minimum atomic E-state index is -1.02. The van der Waals surface area contributed by atoms with Crippen molar-refractivity contribution in [2.45, 2.75) is 49.8 Å². The maximum atomic E-state index is 14.7. The van der Waals surface area contributed by atoms with Crippen LogP contribution in [0.3, 0.4) is 0 Å². The molecular formula is C28H26F2N6O4. The molecule has 1 aliphatic heterocycles. The lowest BCUT2D eigenvalue weighted by Gasteiger charge is -2.32. The zero-order valence-electron chi connectivity index (χ0n) is 21.4. The summed E-state index contributed by atoms with van der Waals surface area (Å²) in [6.07, 6.45) is 3.38. The number of rotatable bonds is 4. The molecule has 1 unspecified atom stereocenters. The van der Waals surface area contributed by atoms with Crippen LogP contribution in [0.1, 0.15) is 66.6 Å². The molecule has 0 bridgehead atoms. The first-order valence-corrected chi connectivity index (χ1v) is 13.2.